The predicted octanol–water partition coefficient (Wildman–Crippen LogP) is 5.72. The number of aromatic nitrogens is 3. The van der Waals surface area contributed by atoms with Gasteiger partial charge in [-0.05, 0) is 60.7 Å². The van der Waals surface area contributed by atoms with E-state index in [9.17, 15) is 18.0 Å². The van der Waals surface area contributed by atoms with Crippen LogP contribution in [0.25, 0.3) is 5.82 Å². The number of amides is 2. The number of hydrogen-bond acceptors (Lipinski definition) is 4. The van der Waals surface area contributed by atoms with Gasteiger partial charge >= 0.3 is 12.2 Å². The molecule has 4 aromatic rings. The molecule has 0 aliphatic heterocycles. The first-order chi connectivity index (χ1) is 15.4. The number of urea groups is 1. The number of hydrogen-bond donors (Lipinski definition) is 2. The van der Waals surface area contributed by atoms with Gasteiger partial charge in [0.1, 0.15) is 5.75 Å². The molecule has 0 atom stereocenters. The molecule has 0 aliphatic rings. The normalized spacial score (nSPS) is 11.1. The van der Waals surface area contributed by atoms with Crippen molar-refractivity contribution in [3.63, 3.8) is 0 Å². The van der Waals surface area contributed by atoms with E-state index in [1.165, 1.54) is 12.1 Å². The van der Waals surface area contributed by atoms with E-state index in [4.69, 9.17) is 4.74 Å². The summed E-state index contributed by atoms with van der Waals surface area (Å²) in [6.45, 7) is 0. The molecule has 0 bridgehead atoms. The summed E-state index contributed by atoms with van der Waals surface area (Å²) in [4.78, 5) is 12.1. The minimum absolute atomic E-state index is 0.0270. The van der Waals surface area contributed by atoms with Crippen LogP contribution in [0.1, 0.15) is 5.56 Å². The van der Waals surface area contributed by atoms with Crippen LogP contribution >= 0.6 is 0 Å². The molecule has 0 aliphatic carbocycles. The van der Waals surface area contributed by atoms with Crippen molar-refractivity contribution in [2.24, 2.45) is 0 Å². The highest BCUT2D eigenvalue weighted by Gasteiger charge is 2.30. The van der Waals surface area contributed by atoms with Gasteiger partial charge in [-0.3, -0.25) is 0 Å². The van der Waals surface area contributed by atoms with E-state index < -0.39 is 17.8 Å². The lowest BCUT2D eigenvalue weighted by Gasteiger charge is -2.11. The Labute approximate surface area is 180 Å². The van der Waals surface area contributed by atoms with Gasteiger partial charge in [-0.15, -0.1) is 10.2 Å². The van der Waals surface area contributed by atoms with E-state index in [-0.39, 0.29) is 5.69 Å². The van der Waals surface area contributed by atoms with Crippen LogP contribution in [0.5, 0.6) is 11.6 Å². The van der Waals surface area contributed by atoms with Crippen molar-refractivity contribution in [3.05, 3.63) is 90.8 Å². The number of benzene rings is 2. The molecule has 0 fully saturated rings. The maximum atomic E-state index is 12.8. The molecule has 0 saturated carbocycles. The lowest BCUT2D eigenvalue weighted by molar-refractivity contribution is -0.137. The number of halogens is 3. The smallest absolute Gasteiger partial charge is 0.416 e. The average Bonchev–Trinajstić information content (AvgIpc) is 3.30. The summed E-state index contributed by atoms with van der Waals surface area (Å²) >= 11 is 0. The van der Waals surface area contributed by atoms with E-state index in [0.29, 0.717) is 23.1 Å². The summed E-state index contributed by atoms with van der Waals surface area (Å²) < 4.78 is 45.8. The zero-order chi connectivity index (χ0) is 22.6. The number of alkyl halides is 3. The molecule has 2 N–H and O–H groups in total. The Balaban J connectivity index is 1.34. The summed E-state index contributed by atoms with van der Waals surface area (Å²) in [7, 11) is 0. The topological polar surface area (TPSA) is 81.1 Å². The number of rotatable bonds is 5. The Morgan fingerprint density at radius 3 is 2.22 bits per heavy atom. The fourth-order valence-corrected chi connectivity index (χ4v) is 2.79. The number of carbonyl (C=O) groups is 1. The average molecular weight is 439 g/mol. The third-order valence-corrected chi connectivity index (χ3v) is 4.28. The fraction of sp³-hybridized carbons (Fsp3) is 0.0455. The molecular formula is C22H16F3N5O2. The van der Waals surface area contributed by atoms with Gasteiger partial charge in [-0.2, -0.15) is 13.2 Å². The van der Waals surface area contributed by atoms with Crippen LogP contribution in [0.15, 0.2) is 85.2 Å². The van der Waals surface area contributed by atoms with Gasteiger partial charge in [-0.25, -0.2) is 4.79 Å². The van der Waals surface area contributed by atoms with Crippen molar-refractivity contribution in [2.75, 3.05) is 10.6 Å². The lowest BCUT2D eigenvalue weighted by Crippen LogP contribution is -2.19. The first-order valence-electron chi connectivity index (χ1n) is 9.37. The molecule has 7 nitrogen and oxygen atoms in total. The van der Waals surface area contributed by atoms with Gasteiger partial charge in [0.05, 0.1) is 5.56 Å². The van der Waals surface area contributed by atoms with Gasteiger partial charge < -0.3 is 19.9 Å². The lowest BCUT2D eigenvalue weighted by atomic mass is 10.2. The molecule has 0 unspecified atom stereocenters. The van der Waals surface area contributed by atoms with Crippen molar-refractivity contribution in [1.29, 1.82) is 0 Å². The third-order valence-electron chi connectivity index (χ3n) is 4.28. The molecule has 4 rings (SSSR count). The second-order valence-electron chi connectivity index (χ2n) is 6.60. The van der Waals surface area contributed by atoms with Gasteiger partial charge in [0.25, 0.3) is 0 Å². The van der Waals surface area contributed by atoms with Gasteiger partial charge in [0.2, 0.25) is 5.88 Å². The van der Waals surface area contributed by atoms with Crippen LogP contribution in [-0.4, -0.2) is 20.8 Å². The van der Waals surface area contributed by atoms with E-state index in [2.05, 4.69) is 20.8 Å². The van der Waals surface area contributed by atoms with Crippen molar-refractivity contribution in [1.82, 2.24) is 14.8 Å². The van der Waals surface area contributed by atoms with Crippen LogP contribution in [0.4, 0.5) is 29.3 Å². The van der Waals surface area contributed by atoms with E-state index >= 15 is 0 Å². The first kappa shape index (κ1) is 20.9. The summed E-state index contributed by atoms with van der Waals surface area (Å²) in [5.74, 6) is 1.41. The van der Waals surface area contributed by atoms with Crippen LogP contribution in [-0.2, 0) is 6.18 Å². The third kappa shape index (κ3) is 5.22. The summed E-state index contributed by atoms with van der Waals surface area (Å²) in [6, 6.07) is 17.3. The number of nitrogens with zero attached hydrogens (tertiary/aromatic N) is 3. The Morgan fingerprint density at radius 1 is 0.844 bits per heavy atom. The molecule has 2 aromatic carbocycles. The van der Waals surface area contributed by atoms with Crippen molar-refractivity contribution in [2.45, 2.75) is 6.18 Å². The highest BCUT2D eigenvalue weighted by molar-refractivity contribution is 5.99. The zero-order valence-electron chi connectivity index (χ0n) is 16.4. The van der Waals surface area contributed by atoms with Crippen LogP contribution in [0, 0.1) is 0 Å². The molecule has 32 heavy (non-hydrogen) atoms. The van der Waals surface area contributed by atoms with Crippen molar-refractivity contribution in [3.8, 4) is 17.4 Å². The quantitative estimate of drug-likeness (QED) is 0.417. The largest absolute Gasteiger partial charge is 0.438 e. The van der Waals surface area contributed by atoms with Crippen LogP contribution in [0.3, 0.4) is 0 Å². The zero-order valence-corrected chi connectivity index (χ0v) is 16.4. The SMILES string of the molecule is O=C(Nc1ccc(Oc2ccc(-n3cccc3)nn2)cc1)Nc1cccc(C(F)(F)F)c1. The maximum absolute atomic E-state index is 12.8. The molecule has 2 amide bonds. The van der Waals surface area contributed by atoms with Crippen molar-refractivity contribution < 1.29 is 22.7 Å². The number of ether oxygens (including phenoxy) is 1. The molecule has 2 aromatic heterocycles. The van der Waals surface area contributed by atoms with Gasteiger partial charge in [0.15, 0.2) is 5.82 Å². The first-order valence-corrected chi connectivity index (χ1v) is 9.37. The molecule has 2 heterocycles. The molecule has 162 valence electrons. The van der Waals surface area contributed by atoms with Crippen LogP contribution in [0.2, 0.25) is 0 Å². The Morgan fingerprint density at radius 2 is 1.56 bits per heavy atom. The van der Waals surface area contributed by atoms with Crippen molar-refractivity contribution >= 4 is 17.4 Å². The maximum Gasteiger partial charge on any atom is 0.416 e. The summed E-state index contributed by atoms with van der Waals surface area (Å²) in [5.41, 5.74) is -0.392. The van der Waals surface area contributed by atoms with Gasteiger partial charge in [-0.1, -0.05) is 6.07 Å². The second-order valence-corrected chi connectivity index (χ2v) is 6.60. The van der Waals surface area contributed by atoms with E-state index in [0.717, 1.165) is 12.1 Å². The molecule has 0 spiro atoms. The Hall–Kier alpha value is -4.34. The number of nitrogens with one attached hydrogen (secondary N) is 2. The predicted molar refractivity (Wildman–Crippen MR) is 112 cm³/mol. The van der Waals surface area contributed by atoms with Gasteiger partial charge in [0, 0.05) is 29.8 Å². The van der Waals surface area contributed by atoms with E-state index in [1.54, 1.807) is 36.4 Å². The van der Waals surface area contributed by atoms with E-state index in [1.807, 2.05) is 29.1 Å². The number of carbonyl (C=O) groups excluding carboxylic acids is 1. The molecule has 0 saturated heterocycles. The Bertz CT molecular complexity index is 1190. The summed E-state index contributed by atoms with van der Waals surface area (Å²) in [6.07, 6.45) is -0.796. The molecule has 10 heteroatoms. The Kier molecular flexibility index (Phi) is 5.75. The monoisotopic (exact) mass is 439 g/mol. The summed E-state index contributed by atoms with van der Waals surface area (Å²) in [5, 5.41) is 13.0. The highest BCUT2D eigenvalue weighted by atomic mass is 19.4. The second kappa shape index (κ2) is 8.80. The number of anilines is 2. The standard InChI is InChI=1S/C22H16F3N5O2/c23-22(24,25)15-4-3-5-17(14-15)27-21(31)26-16-6-8-18(9-7-16)32-20-11-10-19(28-29-20)30-12-1-2-13-30/h1-14H,(H2,26,27,31). The molecule has 0 radical (unpaired) electrons. The molecular weight excluding hydrogens is 423 g/mol. The minimum atomic E-state index is -4.49. The highest BCUT2D eigenvalue weighted by Crippen LogP contribution is 2.30. The minimum Gasteiger partial charge on any atom is -0.438 e. The van der Waals surface area contributed by atoms with Crippen LogP contribution < -0.4 is 15.4 Å². The fourth-order valence-electron chi connectivity index (χ4n) is 2.79.